The molecule has 0 spiro atoms. The van der Waals surface area contributed by atoms with Crippen LogP contribution in [0.5, 0.6) is 11.5 Å². The number of benzene rings is 1. The fourth-order valence-corrected chi connectivity index (χ4v) is 2.27. The van der Waals surface area contributed by atoms with E-state index in [9.17, 15) is 4.79 Å². The minimum absolute atomic E-state index is 0.0380. The minimum Gasteiger partial charge on any atom is -0.490 e. The highest BCUT2D eigenvalue weighted by molar-refractivity contribution is 5.76. The zero-order valence-corrected chi connectivity index (χ0v) is 14.3. The Morgan fingerprint density at radius 2 is 1.77 bits per heavy atom. The molecule has 1 rings (SSSR count). The number of hydrogen-bond acceptors (Lipinski definition) is 3. The highest BCUT2D eigenvalue weighted by Gasteiger charge is 2.13. The average Bonchev–Trinajstić information content (AvgIpc) is 2.49. The molecular formula is C18H29NO3. The fourth-order valence-electron chi connectivity index (χ4n) is 2.27. The SMILES string of the molecule is CCCCCC(=O)NC(C)c1ccc(OCC)c(OCC)c1. The molecule has 1 atom stereocenters. The van der Waals surface area contributed by atoms with Gasteiger partial charge in [0.2, 0.25) is 5.91 Å². The molecule has 0 aliphatic heterocycles. The molecule has 0 aromatic heterocycles. The lowest BCUT2D eigenvalue weighted by atomic mass is 10.1. The van der Waals surface area contributed by atoms with Crippen molar-refractivity contribution in [3.05, 3.63) is 23.8 Å². The third-order valence-electron chi connectivity index (χ3n) is 3.45. The van der Waals surface area contributed by atoms with Crippen molar-refractivity contribution < 1.29 is 14.3 Å². The molecule has 124 valence electrons. The molecule has 4 heteroatoms. The Bertz CT molecular complexity index is 460. The monoisotopic (exact) mass is 307 g/mol. The topological polar surface area (TPSA) is 47.6 Å². The number of carbonyl (C=O) groups is 1. The number of hydrogen-bond donors (Lipinski definition) is 1. The molecule has 0 bridgehead atoms. The minimum atomic E-state index is -0.0380. The molecule has 0 saturated heterocycles. The molecule has 1 unspecified atom stereocenters. The summed E-state index contributed by atoms with van der Waals surface area (Å²) in [6.07, 6.45) is 3.76. The second-order valence-corrected chi connectivity index (χ2v) is 5.32. The number of unbranched alkanes of at least 4 members (excludes halogenated alkanes) is 2. The van der Waals surface area contributed by atoms with E-state index in [0.29, 0.717) is 19.6 Å². The van der Waals surface area contributed by atoms with Crippen LogP contribution >= 0.6 is 0 Å². The van der Waals surface area contributed by atoms with Gasteiger partial charge in [0, 0.05) is 6.42 Å². The van der Waals surface area contributed by atoms with Crippen molar-refractivity contribution in [3.63, 3.8) is 0 Å². The van der Waals surface area contributed by atoms with Crippen molar-refractivity contribution in [2.24, 2.45) is 0 Å². The van der Waals surface area contributed by atoms with Crippen molar-refractivity contribution in [3.8, 4) is 11.5 Å². The number of nitrogens with one attached hydrogen (secondary N) is 1. The van der Waals surface area contributed by atoms with Gasteiger partial charge in [0.15, 0.2) is 11.5 Å². The Kier molecular flexibility index (Phi) is 8.41. The molecule has 22 heavy (non-hydrogen) atoms. The molecule has 4 nitrogen and oxygen atoms in total. The number of carbonyl (C=O) groups excluding carboxylic acids is 1. The van der Waals surface area contributed by atoms with Gasteiger partial charge in [-0.2, -0.15) is 0 Å². The highest BCUT2D eigenvalue weighted by atomic mass is 16.5. The Morgan fingerprint density at radius 3 is 2.41 bits per heavy atom. The first kappa shape index (κ1) is 18.3. The lowest BCUT2D eigenvalue weighted by molar-refractivity contribution is -0.121. The van der Waals surface area contributed by atoms with Crippen LogP contribution in [0.4, 0.5) is 0 Å². The zero-order chi connectivity index (χ0) is 16.4. The average molecular weight is 307 g/mol. The lowest BCUT2D eigenvalue weighted by Gasteiger charge is -2.17. The summed E-state index contributed by atoms with van der Waals surface area (Å²) in [5.74, 6) is 1.58. The first-order valence-corrected chi connectivity index (χ1v) is 8.31. The third-order valence-corrected chi connectivity index (χ3v) is 3.45. The number of rotatable bonds is 10. The van der Waals surface area contributed by atoms with Crippen LogP contribution in [0.1, 0.15) is 65.0 Å². The van der Waals surface area contributed by atoms with Gasteiger partial charge in [-0.3, -0.25) is 4.79 Å². The Labute approximate surface area is 134 Å². The Balaban J connectivity index is 2.69. The van der Waals surface area contributed by atoms with E-state index in [4.69, 9.17) is 9.47 Å². The van der Waals surface area contributed by atoms with Gasteiger partial charge in [-0.15, -0.1) is 0 Å². The molecule has 0 fully saturated rings. The van der Waals surface area contributed by atoms with E-state index >= 15 is 0 Å². The second-order valence-electron chi connectivity index (χ2n) is 5.32. The van der Waals surface area contributed by atoms with Crippen molar-refractivity contribution in [2.75, 3.05) is 13.2 Å². The number of ether oxygens (including phenoxy) is 2. The molecule has 0 aliphatic rings. The van der Waals surface area contributed by atoms with Crippen LogP contribution in [-0.4, -0.2) is 19.1 Å². The maximum Gasteiger partial charge on any atom is 0.220 e. The van der Waals surface area contributed by atoms with Gasteiger partial charge < -0.3 is 14.8 Å². The van der Waals surface area contributed by atoms with Crippen LogP contribution in [0.15, 0.2) is 18.2 Å². The lowest BCUT2D eigenvalue weighted by Crippen LogP contribution is -2.26. The van der Waals surface area contributed by atoms with E-state index in [1.165, 1.54) is 0 Å². The molecule has 0 saturated carbocycles. The van der Waals surface area contributed by atoms with Gasteiger partial charge in [0.05, 0.1) is 19.3 Å². The van der Waals surface area contributed by atoms with E-state index < -0.39 is 0 Å². The molecule has 1 N–H and O–H groups in total. The van der Waals surface area contributed by atoms with Crippen LogP contribution in [0.3, 0.4) is 0 Å². The van der Waals surface area contributed by atoms with Gasteiger partial charge in [0.1, 0.15) is 0 Å². The third kappa shape index (κ3) is 5.96. The smallest absolute Gasteiger partial charge is 0.220 e. The van der Waals surface area contributed by atoms with E-state index in [0.717, 1.165) is 36.3 Å². The van der Waals surface area contributed by atoms with E-state index in [2.05, 4.69) is 12.2 Å². The summed E-state index contributed by atoms with van der Waals surface area (Å²) in [6, 6.07) is 5.79. The van der Waals surface area contributed by atoms with Crippen LogP contribution in [0, 0.1) is 0 Å². The molecule has 0 aliphatic carbocycles. The van der Waals surface area contributed by atoms with Crippen molar-refractivity contribution in [2.45, 2.75) is 59.4 Å². The summed E-state index contributed by atoms with van der Waals surface area (Å²) >= 11 is 0. The first-order chi connectivity index (χ1) is 10.6. The van der Waals surface area contributed by atoms with Gasteiger partial charge in [-0.1, -0.05) is 25.8 Å². The summed E-state index contributed by atoms with van der Waals surface area (Å²) in [5.41, 5.74) is 1.02. The maximum absolute atomic E-state index is 11.9. The Hall–Kier alpha value is -1.71. The van der Waals surface area contributed by atoms with E-state index in [1.54, 1.807) is 0 Å². The van der Waals surface area contributed by atoms with E-state index in [1.807, 2.05) is 39.0 Å². The van der Waals surface area contributed by atoms with Crippen LogP contribution < -0.4 is 14.8 Å². The normalized spacial score (nSPS) is 11.8. The van der Waals surface area contributed by atoms with Gasteiger partial charge in [0.25, 0.3) is 0 Å². The largest absolute Gasteiger partial charge is 0.490 e. The van der Waals surface area contributed by atoms with Crippen molar-refractivity contribution in [1.82, 2.24) is 5.32 Å². The summed E-state index contributed by atoms with van der Waals surface area (Å²) in [6.45, 7) is 9.20. The fraction of sp³-hybridized carbons (Fsp3) is 0.611. The van der Waals surface area contributed by atoms with Crippen molar-refractivity contribution in [1.29, 1.82) is 0 Å². The standard InChI is InChI=1S/C18H29NO3/c1-5-8-9-10-18(20)19-14(4)15-11-12-16(21-6-2)17(13-15)22-7-3/h11-14H,5-10H2,1-4H3,(H,19,20). The van der Waals surface area contributed by atoms with Crippen molar-refractivity contribution >= 4 is 5.91 Å². The Morgan fingerprint density at radius 1 is 1.09 bits per heavy atom. The second kappa shape index (κ2) is 10.1. The molecular weight excluding hydrogens is 278 g/mol. The molecule has 0 radical (unpaired) electrons. The van der Waals surface area contributed by atoms with E-state index in [-0.39, 0.29) is 11.9 Å². The predicted molar refractivity (Wildman–Crippen MR) is 89.5 cm³/mol. The van der Waals surface area contributed by atoms with Crippen LogP contribution in [-0.2, 0) is 4.79 Å². The molecule has 1 aromatic rings. The van der Waals surface area contributed by atoms with Crippen LogP contribution in [0.2, 0.25) is 0 Å². The summed E-state index contributed by atoms with van der Waals surface area (Å²) in [7, 11) is 0. The number of amides is 1. The zero-order valence-electron chi connectivity index (χ0n) is 14.3. The maximum atomic E-state index is 11.9. The molecule has 0 heterocycles. The first-order valence-electron chi connectivity index (χ1n) is 8.31. The highest BCUT2D eigenvalue weighted by Crippen LogP contribution is 2.30. The molecule has 1 amide bonds. The van der Waals surface area contributed by atoms with Gasteiger partial charge in [-0.25, -0.2) is 0 Å². The quantitative estimate of drug-likeness (QED) is 0.658. The summed E-state index contributed by atoms with van der Waals surface area (Å²) in [5, 5.41) is 3.04. The predicted octanol–water partition coefficient (Wildman–Crippen LogP) is 4.24. The van der Waals surface area contributed by atoms with Crippen LogP contribution in [0.25, 0.3) is 0 Å². The molecule has 1 aromatic carbocycles. The van der Waals surface area contributed by atoms with Gasteiger partial charge >= 0.3 is 0 Å². The summed E-state index contributed by atoms with van der Waals surface area (Å²) in [4.78, 5) is 11.9. The summed E-state index contributed by atoms with van der Waals surface area (Å²) < 4.78 is 11.2. The van der Waals surface area contributed by atoms with Gasteiger partial charge in [-0.05, 0) is 44.9 Å².